The Labute approximate surface area is 269 Å². The summed E-state index contributed by atoms with van der Waals surface area (Å²) < 4.78 is 29.2. The van der Waals surface area contributed by atoms with Gasteiger partial charge < -0.3 is 5.32 Å². The van der Waals surface area contributed by atoms with E-state index in [1.807, 2.05) is 32.1 Å². The maximum Gasteiger partial charge on any atom is 0.254 e. The molecule has 9 nitrogen and oxygen atoms in total. The quantitative estimate of drug-likeness (QED) is 0.193. The van der Waals surface area contributed by atoms with Crippen LogP contribution in [0, 0.1) is 23.2 Å². The van der Waals surface area contributed by atoms with Crippen molar-refractivity contribution in [3.05, 3.63) is 105 Å². The van der Waals surface area contributed by atoms with Gasteiger partial charge in [0.15, 0.2) is 5.78 Å². The van der Waals surface area contributed by atoms with E-state index in [0.29, 0.717) is 42.9 Å². The number of carbonyl (C=O) groups is 2. The summed E-state index contributed by atoms with van der Waals surface area (Å²) in [7, 11) is -3.64. The molecule has 2 aliphatic heterocycles. The van der Waals surface area contributed by atoms with Crippen LogP contribution in [0.1, 0.15) is 41.8 Å². The van der Waals surface area contributed by atoms with Gasteiger partial charge in [0.25, 0.3) is 15.9 Å². The number of aromatic nitrogens is 1. The lowest BCUT2D eigenvalue weighted by molar-refractivity contribution is -0.132. The summed E-state index contributed by atoms with van der Waals surface area (Å²) in [5, 5.41) is 12.6. The number of benzene rings is 1. The zero-order valence-electron chi connectivity index (χ0n) is 24.1. The molecule has 226 valence electrons. The largest absolute Gasteiger partial charge is 0.357 e. The first-order chi connectivity index (χ1) is 21.0. The van der Waals surface area contributed by atoms with Crippen molar-refractivity contribution in [3.8, 4) is 6.07 Å². The number of halogens is 1. The van der Waals surface area contributed by atoms with Crippen LogP contribution in [-0.4, -0.2) is 59.0 Å². The molecule has 0 spiro atoms. The number of thiophene rings is 1. The summed E-state index contributed by atoms with van der Waals surface area (Å²) in [5.74, 6) is -0.117. The van der Waals surface area contributed by atoms with Crippen LogP contribution >= 0.6 is 27.3 Å². The molecule has 44 heavy (non-hydrogen) atoms. The monoisotopic (exact) mass is 691 g/mol. The molecule has 3 fully saturated rings. The van der Waals surface area contributed by atoms with Crippen LogP contribution in [0.5, 0.6) is 0 Å². The molecule has 1 saturated carbocycles. The summed E-state index contributed by atoms with van der Waals surface area (Å²) in [6, 6.07) is 15.3. The van der Waals surface area contributed by atoms with Crippen LogP contribution in [0.4, 0.5) is 0 Å². The maximum atomic E-state index is 14.6. The van der Waals surface area contributed by atoms with Crippen molar-refractivity contribution >= 4 is 49.0 Å². The van der Waals surface area contributed by atoms with E-state index in [9.17, 15) is 18.0 Å². The minimum Gasteiger partial charge on any atom is -0.357 e. The third kappa shape index (κ3) is 5.65. The van der Waals surface area contributed by atoms with Gasteiger partial charge in [-0.2, -0.15) is 9.57 Å². The number of allylic oxidation sites excluding steroid dienone is 2. The van der Waals surface area contributed by atoms with Gasteiger partial charge in [-0.15, -0.1) is 11.3 Å². The van der Waals surface area contributed by atoms with E-state index in [0.717, 1.165) is 14.9 Å². The highest BCUT2D eigenvalue weighted by Gasteiger charge is 2.65. The van der Waals surface area contributed by atoms with Crippen molar-refractivity contribution in [1.29, 1.82) is 5.26 Å². The highest BCUT2D eigenvalue weighted by atomic mass is 79.9. The molecule has 1 N–H and O–H groups in total. The second-order valence-corrected chi connectivity index (χ2v) is 16.3. The van der Waals surface area contributed by atoms with Gasteiger partial charge in [0.1, 0.15) is 15.6 Å². The van der Waals surface area contributed by atoms with Gasteiger partial charge in [0.2, 0.25) is 0 Å². The predicted molar refractivity (Wildman–Crippen MR) is 170 cm³/mol. The van der Waals surface area contributed by atoms with Crippen LogP contribution in [0.15, 0.2) is 92.5 Å². The number of hydrogen-bond donors (Lipinski definition) is 1. The van der Waals surface area contributed by atoms with E-state index in [1.54, 1.807) is 53.7 Å². The molecular formula is C32H30BrN5O4S2. The minimum absolute atomic E-state index is 0.0486. The first-order valence-corrected chi connectivity index (χ1v) is 17.2. The number of piperidine rings is 1. The lowest BCUT2D eigenvalue weighted by atomic mass is 9.87. The number of hydrogen-bond acceptors (Lipinski definition) is 8. The number of pyridine rings is 1. The number of fused-ring (bicyclic) bond motifs is 1. The number of nitrogens with one attached hydrogen (secondary N) is 1. The standard InChI is InChI=1S/C32H30BrN5O4S2/c1-20(2)9-12-32(16-21-10-13-35-14-11-21)31(40)38(28(36-32)15-26(39)23-5-3-22(17-34)4-6-23)30-24-18-37(19-25(24)30)44(41,42)29-8-7-27(33)43-29/h3-11,13-15,24-25,30,36H,12,16,18-19H2,1-2H3/b28-15+. The van der Waals surface area contributed by atoms with E-state index in [2.05, 4.69) is 32.3 Å². The third-order valence-electron chi connectivity index (χ3n) is 8.49. The number of ketones is 1. The molecule has 2 saturated heterocycles. The molecular weight excluding hydrogens is 662 g/mol. The van der Waals surface area contributed by atoms with Gasteiger partial charge in [-0.05, 0) is 90.3 Å². The Morgan fingerprint density at radius 2 is 1.82 bits per heavy atom. The van der Waals surface area contributed by atoms with Gasteiger partial charge >= 0.3 is 0 Å². The molecule has 1 aromatic carbocycles. The molecule has 6 rings (SSSR count). The third-order valence-corrected chi connectivity index (χ3v) is 12.4. The van der Waals surface area contributed by atoms with Crippen LogP contribution in [0.2, 0.25) is 0 Å². The average Bonchev–Trinajstić information content (AvgIpc) is 3.35. The Bertz CT molecular complexity index is 1820. The molecule has 3 aromatic rings. The number of carbonyl (C=O) groups excluding carboxylic acids is 2. The molecule has 1 aliphatic carbocycles. The van der Waals surface area contributed by atoms with E-state index in [4.69, 9.17) is 5.26 Å². The molecule has 12 heteroatoms. The van der Waals surface area contributed by atoms with Crippen molar-refractivity contribution in [2.24, 2.45) is 11.8 Å². The van der Waals surface area contributed by atoms with E-state index < -0.39 is 15.6 Å². The SMILES string of the molecule is CC(C)=CCC1(Cc2ccncc2)N/C(=C\C(=O)c2ccc(C#N)cc2)N(C2C3CN(S(=O)(=O)c4ccc(Br)s4)CC32)C1=O. The lowest BCUT2D eigenvalue weighted by Crippen LogP contribution is -2.49. The van der Waals surface area contributed by atoms with Crippen molar-refractivity contribution < 1.29 is 18.0 Å². The van der Waals surface area contributed by atoms with Crippen LogP contribution < -0.4 is 5.32 Å². The smallest absolute Gasteiger partial charge is 0.254 e. The summed E-state index contributed by atoms with van der Waals surface area (Å²) in [6.45, 7) is 4.57. The number of rotatable bonds is 9. The number of nitrogens with zero attached hydrogens (tertiary/aromatic N) is 4. The Hall–Kier alpha value is -3.63. The molecule has 1 amide bonds. The number of nitriles is 1. The zero-order valence-corrected chi connectivity index (χ0v) is 27.3. The van der Waals surface area contributed by atoms with Crippen LogP contribution in [-0.2, 0) is 21.2 Å². The van der Waals surface area contributed by atoms with Gasteiger partial charge in [-0.1, -0.05) is 11.6 Å². The second-order valence-electron chi connectivity index (χ2n) is 11.7. The Morgan fingerprint density at radius 1 is 1.14 bits per heavy atom. The van der Waals surface area contributed by atoms with Gasteiger partial charge in [0.05, 0.1) is 15.4 Å². The van der Waals surface area contributed by atoms with Crippen LogP contribution in [0.25, 0.3) is 0 Å². The molecule has 3 unspecified atom stereocenters. The Kier molecular flexibility index (Phi) is 8.09. The van der Waals surface area contributed by atoms with Gasteiger partial charge in [-0.25, -0.2) is 8.42 Å². The van der Waals surface area contributed by atoms with Crippen molar-refractivity contribution in [2.45, 2.75) is 42.5 Å². The summed E-state index contributed by atoms with van der Waals surface area (Å²) in [5.41, 5.74) is 1.80. The number of amides is 1. The molecule has 0 radical (unpaired) electrons. The molecule has 3 aliphatic rings. The fourth-order valence-corrected chi connectivity index (χ4v) is 9.85. The van der Waals surface area contributed by atoms with Crippen molar-refractivity contribution in [1.82, 2.24) is 19.5 Å². The lowest BCUT2D eigenvalue weighted by Gasteiger charge is -2.27. The molecule has 4 heterocycles. The number of sulfonamides is 1. The highest BCUT2D eigenvalue weighted by Crippen LogP contribution is 2.53. The van der Waals surface area contributed by atoms with Gasteiger partial charge in [0, 0.05) is 61.4 Å². The normalized spacial score (nSPS) is 25.4. The Balaban J connectivity index is 1.33. The van der Waals surface area contributed by atoms with Crippen molar-refractivity contribution in [2.75, 3.05) is 13.1 Å². The first kappa shape index (κ1) is 30.4. The van der Waals surface area contributed by atoms with Crippen LogP contribution in [0.3, 0.4) is 0 Å². The van der Waals surface area contributed by atoms with E-state index in [1.165, 1.54) is 21.7 Å². The minimum atomic E-state index is -3.64. The Morgan fingerprint density at radius 3 is 2.41 bits per heavy atom. The van der Waals surface area contributed by atoms with Gasteiger partial charge in [-0.3, -0.25) is 19.5 Å². The van der Waals surface area contributed by atoms with E-state index >= 15 is 0 Å². The summed E-state index contributed by atoms with van der Waals surface area (Å²) in [4.78, 5) is 33.9. The summed E-state index contributed by atoms with van der Waals surface area (Å²) >= 11 is 4.53. The molecule has 2 aromatic heterocycles. The fraction of sp³-hybridized carbons (Fsp3) is 0.312. The maximum absolute atomic E-state index is 14.6. The highest BCUT2D eigenvalue weighted by molar-refractivity contribution is 9.11. The fourth-order valence-electron chi connectivity index (χ4n) is 6.17. The average molecular weight is 693 g/mol. The van der Waals surface area contributed by atoms with Crippen molar-refractivity contribution in [3.63, 3.8) is 0 Å². The predicted octanol–water partition coefficient (Wildman–Crippen LogP) is 4.89. The molecule has 3 atom stereocenters. The second kappa shape index (κ2) is 11.7. The summed E-state index contributed by atoms with van der Waals surface area (Å²) in [6.07, 6.45) is 7.66. The van der Waals surface area contributed by atoms with E-state index in [-0.39, 0.29) is 33.8 Å². The molecule has 0 bridgehead atoms. The zero-order chi connectivity index (χ0) is 31.2. The topological polar surface area (TPSA) is 123 Å². The first-order valence-electron chi connectivity index (χ1n) is 14.2.